The van der Waals surface area contributed by atoms with E-state index in [-0.39, 0.29) is 17.9 Å². The summed E-state index contributed by atoms with van der Waals surface area (Å²) in [4.78, 5) is 23.8. The lowest BCUT2D eigenvalue weighted by Gasteiger charge is -2.20. The molecule has 1 N–H and O–H groups in total. The van der Waals surface area contributed by atoms with Crippen LogP contribution in [0.5, 0.6) is 5.75 Å². The number of nitrogens with one attached hydrogen (secondary N) is 1. The number of rotatable bonds is 8. The number of ketones is 1. The van der Waals surface area contributed by atoms with Crippen LogP contribution in [0, 0.1) is 10.1 Å². The van der Waals surface area contributed by atoms with Crippen LogP contribution >= 0.6 is 0 Å². The van der Waals surface area contributed by atoms with Crippen LogP contribution in [0.25, 0.3) is 0 Å². The van der Waals surface area contributed by atoms with E-state index in [9.17, 15) is 14.9 Å². The maximum atomic E-state index is 12.7. The summed E-state index contributed by atoms with van der Waals surface area (Å²) >= 11 is 0. The molecule has 6 nitrogen and oxygen atoms in total. The molecule has 142 valence electrons. The second kappa shape index (κ2) is 8.81. The highest BCUT2D eigenvalue weighted by Gasteiger charge is 2.22. The monoisotopic (exact) mass is 376 g/mol. The molecule has 0 heterocycles. The van der Waals surface area contributed by atoms with Gasteiger partial charge in [-0.1, -0.05) is 60.7 Å². The maximum absolute atomic E-state index is 12.7. The van der Waals surface area contributed by atoms with Crippen LogP contribution in [0.4, 0.5) is 11.4 Å². The van der Waals surface area contributed by atoms with Crippen molar-refractivity contribution < 1.29 is 14.5 Å². The average Bonchev–Trinajstić information content (AvgIpc) is 2.74. The highest BCUT2D eigenvalue weighted by molar-refractivity contribution is 5.96. The molecule has 3 aromatic carbocycles. The molecule has 0 spiro atoms. The van der Waals surface area contributed by atoms with Crippen molar-refractivity contribution in [3.05, 3.63) is 100 Å². The summed E-state index contributed by atoms with van der Waals surface area (Å²) in [6.45, 7) is 0. The van der Waals surface area contributed by atoms with Gasteiger partial charge in [-0.05, 0) is 17.7 Å². The van der Waals surface area contributed by atoms with Gasteiger partial charge in [-0.15, -0.1) is 0 Å². The highest BCUT2D eigenvalue weighted by Crippen LogP contribution is 2.33. The van der Waals surface area contributed by atoms with Gasteiger partial charge >= 0.3 is 0 Å². The molecule has 0 fully saturated rings. The zero-order valence-corrected chi connectivity index (χ0v) is 15.4. The number of Topliss-reactive ketones (excluding diaryl/α,β-unsaturated/α-hetero) is 1. The first-order chi connectivity index (χ1) is 13.6. The van der Waals surface area contributed by atoms with E-state index in [2.05, 4.69) is 5.32 Å². The molecule has 0 saturated heterocycles. The fourth-order valence-corrected chi connectivity index (χ4v) is 2.96. The third-order valence-electron chi connectivity index (χ3n) is 4.42. The largest absolute Gasteiger partial charge is 0.496 e. The van der Waals surface area contributed by atoms with Gasteiger partial charge in [0.2, 0.25) is 0 Å². The Labute approximate surface area is 162 Å². The van der Waals surface area contributed by atoms with Crippen molar-refractivity contribution in [2.24, 2.45) is 0 Å². The van der Waals surface area contributed by atoms with Crippen molar-refractivity contribution in [3.63, 3.8) is 0 Å². The number of nitrogens with zero attached hydrogens (tertiary/aromatic N) is 1. The molecule has 0 aliphatic rings. The summed E-state index contributed by atoms with van der Waals surface area (Å²) in [6.07, 6.45) is 0.164. The lowest BCUT2D eigenvalue weighted by Crippen LogP contribution is -2.16. The molecule has 1 atom stereocenters. The molecule has 3 aromatic rings. The quantitative estimate of drug-likeness (QED) is 0.339. The first-order valence-electron chi connectivity index (χ1n) is 8.80. The van der Waals surface area contributed by atoms with Crippen LogP contribution in [0.15, 0.2) is 78.9 Å². The first-order valence-corrected chi connectivity index (χ1v) is 8.80. The number of ether oxygens (including phenoxy) is 1. The van der Waals surface area contributed by atoms with Crippen molar-refractivity contribution in [2.75, 3.05) is 12.4 Å². The molecular formula is C22H20N2O4. The molecule has 0 amide bonds. The summed E-state index contributed by atoms with van der Waals surface area (Å²) < 4.78 is 5.09. The summed E-state index contributed by atoms with van der Waals surface area (Å²) in [5, 5.41) is 14.7. The van der Waals surface area contributed by atoms with Gasteiger partial charge in [0.05, 0.1) is 24.1 Å². The van der Waals surface area contributed by atoms with Crippen molar-refractivity contribution in [1.29, 1.82) is 0 Å². The van der Waals surface area contributed by atoms with Crippen LogP contribution in [0.2, 0.25) is 0 Å². The minimum absolute atomic E-state index is 0.0434. The number of hydrogen-bond donors (Lipinski definition) is 1. The van der Waals surface area contributed by atoms with Crippen molar-refractivity contribution in [3.8, 4) is 5.75 Å². The SMILES string of the molecule is COc1ccc(NC(CC(=O)c2ccccc2)c2ccccc2)c([N+](=O)[O-])c1. The van der Waals surface area contributed by atoms with Crippen LogP contribution in [-0.2, 0) is 0 Å². The maximum Gasteiger partial charge on any atom is 0.296 e. The second-order valence-electron chi connectivity index (χ2n) is 6.24. The molecule has 0 radical (unpaired) electrons. The van der Waals surface area contributed by atoms with Gasteiger partial charge in [0.1, 0.15) is 11.4 Å². The van der Waals surface area contributed by atoms with E-state index in [4.69, 9.17) is 4.74 Å². The lowest BCUT2D eigenvalue weighted by atomic mass is 9.97. The zero-order chi connectivity index (χ0) is 19.9. The van der Waals surface area contributed by atoms with E-state index in [0.717, 1.165) is 5.56 Å². The number of carbonyl (C=O) groups excluding carboxylic acids is 1. The average molecular weight is 376 g/mol. The van der Waals surface area contributed by atoms with Gasteiger partial charge in [-0.25, -0.2) is 0 Å². The Kier molecular flexibility index (Phi) is 6.01. The van der Waals surface area contributed by atoms with E-state index in [1.807, 2.05) is 48.5 Å². The number of anilines is 1. The standard InChI is InChI=1S/C22H20N2O4/c1-28-18-12-13-19(21(14-18)24(26)27)23-20(16-8-4-2-5-9-16)15-22(25)17-10-6-3-7-11-17/h2-14,20,23H,15H2,1H3. The smallest absolute Gasteiger partial charge is 0.296 e. The zero-order valence-electron chi connectivity index (χ0n) is 15.4. The number of methoxy groups -OCH3 is 1. The normalized spacial score (nSPS) is 11.5. The van der Waals surface area contributed by atoms with Gasteiger partial charge in [-0.3, -0.25) is 14.9 Å². The number of hydrogen-bond acceptors (Lipinski definition) is 5. The minimum Gasteiger partial charge on any atom is -0.496 e. The Bertz CT molecular complexity index is 959. The van der Waals surface area contributed by atoms with Crippen LogP contribution in [-0.4, -0.2) is 17.8 Å². The van der Waals surface area contributed by atoms with Crippen LogP contribution < -0.4 is 10.1 Å². The topological polar surface area (TPSA) is 81.5 Å². The minimum atomic E-state index is -0.466. The van der Waals surface area contributed by atoms with E-state index < -0.39 is 11.0 Å². The van der Waals surface area contributed by atoms with Crippen molar-refractivity contribution >= 4 is 17.2 Å². The van der Waals surface area contributed by atoms with E-state index >= 15 is 0 Å². The van der Waals surface area contributed by atoms with Gasteiger partial charge in [0.15, 0.2) is 5.78 Å². The van der Waals surface area contributed by atoms with Crippen molar-refractivity contribution in [2.45, 2.75) is 12.5 Å². The molecule has 0 bridgehead atoms. The van der Waals surface area contributed by atoms with E-state index in [0.29, 0.717) is 17.0 Å². The number of carbonyl (C=O) groups is 1. The molecule has 6 heteroatoms. The first kappa shape index (κ1) is 19.1. The van der Waals surface area contributed by atoms with Gasteiger partial charge in [0.25, 0.3) is 5.69 Å². The lowest BCUT2D eigenvalue weighted by molar-refractivity contribution is -0.384. The Morgan fingerprint density at radius 2 is 1.68 bits per heavy atom. The van der Waals surface area contributed by atoms with E-state index in [1.54, 1.807) is 24.3 Å². The molecular weight excluding hydrogens is 356 g/mol. The highest BCUT2D eigenvalue weighted by atomic mass is 16.6. The third kappa shape index (κ3) is 4.54. The molecule has 0 aliphatic heterocycles. The second-order valence-corrected chi connectivity index (χ2v) is 6.24. The predicted molar refractivity (Wildman–Crippen MR) is 108 cm³/mol. The van der Waals surface area contributed by atoms with Crippen LogP contribution in [0.1, 0.15) is 28.4 Å². The molecule has 0 saturated carbocycles. The van der Waals surface area contributed by atoms with Gasteiger partial charge < -0.3 is 10.1 Å². The molecule has 28 heavy (non-hydrogen) atoms. The third-order valence-corrected chi connectivity index (χ3v) is 4.42. The molecule has 3 rings (SSSR count). The van der Waals surface area contributed by atoms with E-state index in [1.165, 1.54) is 13.2 Å². The number of benzene rings is 3. The Morgan fingerprint density at radius 1 is 1.04 bits per heavy atom. The molecule has 1 unspecified atom stereocenters. The van der Waals surface area contributed by atoms with Gasteiger partial charge in [-0.2, -0.15) is 0 Å². The van der Waals surface area contributed by atoms with Gasteiger partial charge in [0, 0.05) is 12.0 Å². The Morgan fingerprint density at radius 3 is 2.29 bits per heavy atom. The summed E-state index contributed by atoms with van der Waals surface area (Å²) in [6, 6.07) is 22.6. The summed E-state index contributed by atoms with van der Waals surface area (Å²) in [5.74, 6) is 0.354. The fraction of sp³-hybridized carbons (Fsp3) is 0.136. The van der Waals surface area contributed by atoms with Crippen molar-refractivity contribution in [1.82, 2.24) is 0 Å². The number of nitro groups is 1. The summed E-state index contributed by atoms with van der Waals surface area (Å²) in [5.41, 5.74) is 1.71. The molecule has 0 aromatic heterocycles. The Balaban J connectivity index is 1.92. The predicted octanol–water partition coefficient (Wildman–Crippen LogP) is 5.03. The van der Waals surface area contributed by atoms with Crippen LogP contribution in [0.3, 0.4) is 0 Å². The fourth-order valence-electron chi connectivity index (χ4n) is 2.96. The molecule has 0 aliphatic carbocycles. The summed E-state index contributed by atoms with van der Waals surface area (Å²) in [7, 11) is 1.46. The Hall–Kier alpha value is -3.67. The number of nitro benzene ring substituents is 1.